The lowest BCUT2D eigenvalue weighted by Crippen LogP contribution is -2.51. The molecular weight excluding hydrogens is 274 g/mol. The van der Waals surface area contributed by atoms with Crippen LogP contribution in [0.25, 0.3) is 0 Å². The predicted octanol–water partition coefficient (Wildman–Crippen LogP) is 0.835. The molecule has 2 N–H and O–H groups in total. The highest BCUT2D eigenvalue weighted by Gasteiger charge is 2.28. The lowest BCUT2D eigenvalue weighted by Gasteiger charge is -2.38. The van der Waals surface area contributed by atoms with E-state index in [1.165, 1.54) is 10.9 Å². The number of hydrogen-bond donors (Lipinski definition) is 2. The van der Waals surface area contributed by atoms with E-state index >= 15 is 0 Å². The molecule has 1 aliphatic rings. The zero-order valence-electron chi connectivity index (χ0n) is 12.3. The maximum absolute atomic E-state index is 12.2. The van der Waals surface area contributed by atoms with Gasteiger partial charge in [-0.25, -0.2) is 9.48 Å². The van der Waals surface area contributed by atoms with Crippen LogP contribution in [-0.4, -0.2) is 49.1 Å². The fraction of sp³-hybridized carbons (Fsp3) is 0.692. The van der Waals surface area contributed by atoms with Crippen LogP contribution in [0, 0.1) is 0 Å². The van der Waals surface area contributed by atoms with Crippen LogP contribution in [0.5, 0.6) is 0 Å². The Kier molecular flexibility index (Phi) is 4.77. The topological polar surface area (TPSA) is 100 Å². The third-order valence-electron chi connectivity index (χ3n) is 3.73. The zero-order chi connectivity index (χ0) is 15.4. The second kappa shape index (κ2) is 6.55. The van der Waals surface area contributed by atoms with Gasteiger partial charge < -0.3 is 15.3 Å². The first-order chi connectivity index (χ1) is 9.97. The normalized spacial score (nSPS) is 22.1. The van der Waals surface area contributed by atoms with Gasteiger partial charge in [-0.3, -0.25) is 4.79 Å². The average molecular weight is 295 g/mol. The molecule has 1 saturated heterocycles. The fourth-order valence-corrected chi connectivity index (χ4v) is 2.71. The predicted molar refractivity (Wildman–Crippen MR) is 74.5 cm³/mol. The molecule has 21 heavy (non-hydrogen) atoms. The number of nitrogens with one attached hydrogen (secondary N) is 1. The lowest BCUT2D eigenvalue weighted by molar-refractivity contribution is -0.137. The maximum atomic E-state index is 12.2. The number of amides is 2. The van der Waals surface area contributed by atoms with Gasteiger partial charge in [0.25, 0.3) is 0 Å². The van der Waals surface area contributed by atoms with Crippen LogP contribution in [0.4, 0.5) is 4.79 Å². The second-order valence-electron chi connectivity index (χ2n) is 5.50. The van der Waals surface area contributed by atoms with Gasteiger partial charge in [0.1, 0.15) is 12.2 Å². The molecule has 8 nitrogen and oxygen atoms in total. The Balaban J connectivity index is 1.88. The van der Waals surface area contributed by atoms with Crippen LogP contribution in [0.1, 0.15) is 38.8 Å². The minimum absolute atomic E-state index is 0.109. The van der Waals surface area contributed by atoms with E-state index in [0.29, 0.717) is 5.69 Å². The number of aromatic nitrogens is 3. The summed E-state index contributed by atoms with van der Waals surface area (Å²) >= 11 is 0. The lowest BCUT2D eigenvalue weighted by atomic mass is 9.98. The average Bonchev–Trinajstić information content (AvgIpc) is 2.83. The summed E-state index contributed by atoms with van der Waals surface area (Å²) in [4.78, 5) is 24.7. The van der Waals surface area contributed by atoms with Crippen LogP contribution in [0.15, 0.2) is 6.20 Å². The van der Waals surface area contributed by atoms with Crippen molar-refractivity contribution in [1.82, 2.24) is 25.2 Å². The van der Waals surface area contributed by atoms with Crippen molar-refractivity contribution in [2.45, 2.75) is 58.3 Å². The molecule has 2 atom stereocenters. The molecule has 0 aromatic carbocycles. The summed E-state index contributed by atoms with van der Waals surface area (Å²) in [5.41, 5.74) is 0.543. The molecule has 2 amide bonds. The molecule has 1 fully saturated rings. The first-order valence-electron chi connectivity index (χ1n) is 7.14. The Morgan fingerprint density at radius 1 is 1.38 bits per heavy atom. The highest BCUT2D eigenvalue weighted by molar-refractivity contribution is 5.75. The maximum Gasteiger partial charge on any atom is 0.325 e. The molecule has 8 heteroatoms. The number of aliphatic carboxylic acids is 1. The van der Waals surface area contributed by atoms with Crippen molar-refractivity contribution in [3.8, 4) is 0 Å². The van der Waals surface area contributed by atoms with Crippen molar-refractivity contribution in [2.75, 3.05) is 0 Å². The minimum atomic E-state index is -0.980. The van der Waals surface area contributed by atoms with E-state index in [4.69, 9.17) is 5.11 Å². The molecule has 2 heterocycles. The van der Waals surface area contributed by atoms with Crippen LogP contribution in [-0.2, 0) is 17.9 Å². The number of urea groups is 1. The highest BCUT2D eigenvalue weighted by Crippen LogP contribution is 2.22. The van der Waals surface area contributed by atoms with E-state index in [-0.39, 0.29) is 31.2 Å². The van der Waals surface area contributed by atoms with E-state index in [2.05, 4.69) is 29.5 Å². The molecule has 1 aliphatic heterocycles. The third-order valence-corrected chi connectivity index (χ3v) is 3.73. The quantitative estimate of drug-likeness (QED) is 0.857. The third kappa shape index (κ3) is 3.93. The summed E-state index contributed by atoms with van der Waals surface area (Å²) in [6.07, 6.45) is 4.71. The van der Waals surface area contributed by atoms with Gasteiger partial charge in [0, 0.05) is 12.1 Å². The Bertz CT molecular complexity index is 506. The first-order valence-corrected chi connectivity index (χ1v) is 7.14. The fourth-order valence-electron chi connectivity index (χ4n) is 2.71. The minimum Gasteiger partial charge on any atom is -0.480 e. The van der Waals surface area contributed by atoms with Gasteiger partial charge in [-0.2, -0.15) is 0 Å². The van der Waals surface area contributed by atoms with Crippen molar-refractivity contribution in [2.24, 2.45) is 0 Å². The van der Waals surface area contributed by atoms with E-state index in [9.17, 15) is 9.59 Å². The summed E-state index contributed by atoms with van der Waals surface area (Å²) in [6.45, 7) is 4.12. The van der Waals surface area contributed by atoms with Gasteiger partial charge in [0.15, 0.2) is 0 Å². The Morgan fingerprint density at radius 3 is 2.67 bits per heavy atom. The number of carboxylic acids is 1. The molecular formula is C13H21N5O3. The standard InChI is InChI=1S/C13H21N5O3/c1-9-4-3-5-10(2)18(9)13(21)14-6-11-7-17(16-15-11)8-12(19)20/h7,9-10H,3-6,8H2,1-2H3,(H,14,21)(H,19,20)/t9-,10+. The van der Waals surface area contributed by atoms with Crippen LogP contribution >= 0.6 is 0 Å². The van der Waals surface area contributed by atoms with Crippen LogP contribution < -0.4 is 5.32 Å². The molecule has 1 aromatic rings. The van der Waals surface area contributed by atoms with Crippen molar-refractivity contribution < 1.29 is 14.7 Å². The summed E-state index contributed by atoms with van der Waals surface area (Å²) in [7, 11) is 0. The van der Waals surface area contributed by atoms with E-state index in [0.717, 1.165) is 19.3 Å². The van der Waals surface area contributed by atoms with E-state index < -0.39 is 5.97 Å². The molecule has 0 spiro atoms. The monoisotopic (exact) mass is 295 g/mol. The summed E-state index contributed by atoms with van der Waals surface area (Å²) in [6, 6.07) is 0.357. The van der Waals surface area contributed by atoms with Gasteiger partial charge in [-0.15, -0.1) is 5.10 Å². The number of piperidine rings is 1. The summed E-state index contributed by atoms with van der Waals surface area (Å²) in [5.74, 6) is -0.980. The van der Waals surface area contributed by atoms with Crippen molar-refractivity contribution in [1.29, 1.82) is 0 Å². The van der Waals surface area contributed by atoms with Crippen molar-refractivity contribution >= 4 is 12.0 Å². The van der Waals surface area contributed by atoms with Crippen LogP contribution in [0.2, 0.25) is 0 Å². The zero-order valence-corrected chi connectivity index (χ0v) is 12.3. The van der Waals surface area contributed by atoms with E-state index in [1.54, 1.807) is 0 Å². The van der Waals surface area contributed by atoms with Gasteiger partial charge in [0.2, 0.25) is 0 Å². The number of hydrogen-bond acceptors (Lipinski definition) is 4. The molecule has 2 rings (SSSR count). The van der Waals surface area contributed by atoms with Gasteiger partial charge in [-0.05, 0) is 33.1 Å². The number of likely N-dealkylation sites (tertiary alicyclic amines) is 1. The number of carbonyl (C=O) groups excluding carboxylic acids is 1. The number of rotatable bonds is 4. The second-order valence-corrected chi connectivity index (χ2v) is 5.50. The molecule has 0 unspecified atom stereocenters. The summed E-state index contributed by atoms with van der Waals surface area (Å²) in [5, 5.41) is 19.0. The Labute approximate surface area is 123 Å². The van der Waals surface area contributed by atoms with Gasteiger partial charge in [-0.1, -0.05) is 5.21 Å². The molecule has 0 saturated carbocycles. The molecule has 1 aromatic heterocycles. The number of carboxylic acid groups (broad SMARTS) is 1. The summed E-state index contributed by atoms with van der Waals surface area (Å²) < 4.78 is 1.23. The molecule has 0 radical (unpaired) electrons. The molecule has 116 valence electrons. The Morgan fingerprint density at radius 2 is 2.05 bits per heavy atom. The Hall–Kier alpha value is -2.12. The van der Waals surface area contributed by atoms with Gasteiger partial charge >= 0.3 is 12.0 Å². The van der Waals surface area contributed by atoms with E-state index in [1.807, 2.05) is 4.90 Å². The number of nitrogens with zero attached hydrogens (tertiary/aromatic N) is 4. The highest BCUT2D eigenvalue weighted by atomic mass is 16.4. The molecule has 0 aliphatic carbocycles. The SMILES string of the molecule is C[C@@H]1CCC[C@H](C)N1C(=O)NCc1cn(CC(=O)O)nn1. The largest absolute Gasteiger partial charge is 0.480 e. The van der Waals surface area contributed by atoms with Crippen molar-refractivity contribution in [3.63, 3.8) is 0 Å². The number of carbonyl (C=O) groups is 2. The van der Waals surface area contributed by atoms with Crippen molar-refractivity contribution in [3.05, 3.63) is 11.9 Å². The first kappa shape index (κ1) is 15.3. The van der Waals surface area contributed by atoms with Gasteiger partial charge in [0.05, 0.1) is 12.7 Å². The smallest absolute Gasteiger partial charge is 0.325 e. The molecule has 0 bridgehead atoms. The van der Waals surface area contributed by atoms with Crippen LogP contribution in [0.3, 0.4) is 0 Å².